The molecule has 80 valence electrons. The van der Waals surface area contributed by atoms with E-state index in [2.05, 4.69) is 0 Å². The molecule has 1 aromatic carbocycles. The highest BCUT2D eigenvalue weighted by atomic mass is 16.5. The van der Waals surface area contributed by atoms with Crippen molar-refractivity contribution in [3.8, 4) is 5.75 Å². The summed E-state index contributed by atoms with van der Waals surface area (Å²) in [5.74, 6) is 0.357. The first kappa shape index (κ1) is 10.0. The summed E-state index contributed by atoms with van der Waals surface area (Å²) < 4.78 is 4.95. The van der Waals surface area contributed by atoms with Gasteiger partial charge in [-0.25, -0.2) is 0 Å². The lowest BCUT2D eigenvalue weighted by Crippen LogP contribution is -2.07. The zero-order valence-electron chi connectivity index (χ0n) is 8.64. The maximum Gasteiger partial charge on any atom is 0.309 e. The standard InChI is InChI=1S/C12H14O3/c1-2-15-12(14)11-7-10(11)8-4-3-5-9(13)6-8/h3-6,10-11,13H,2,7H2,1H3/t10-,11-/m1/s1. The molecule has 2 rings (SSSR count). The van der Waals surface area contributed by atoms with Crippen molar-refractivity contribution in [3.05, 3.63) is 29.8 Å². The van der Waals surface area contributed by atoms with Crippen LogP contribution < -0.4 is 0 Å². The summed E-state index contributed by atoms with van der Waals surface area (Å²) in [6.45, 7) is 2.24. The van der Waals surface area contributed by atoms with Crippen molar-refractivity contribution in [2.75, 3.05) is 6.61 Å². The van der Waals surface area contributed by atoms with Gasteiger partial charge in [-0.15, -0.1) is 0 Å². The summed E-state index contributed by atoms with van der Waals surface area (Å²) in [5.41, 5.74) is 1.02. The third kappa shape index (κ3) is 2.12. The molecule has 0 saturated heterocycles. The number of esters is 1. The molecule has 3 heteroatoms. The molecule has 3 nitrogen and oxygen atoms in total. The third-order valence-corrected chi connectivity index (χ3v) is 2.68. The maximum absolute atomic E-state index is 11.4. The average Bonchev–Trinajstić information content (AvgIpc) is 2.97. The molecule has 0 spiro atoms. The second kappa shape index (κ2) is 3.93. The van der Waals surface area contributed by atoms with E-state index in [0.29, 0.717) is 6.61 Å². The number of benzene rings is 1. The Balaban J connectivity index is 2.01. The Morgan fingerprint density at radius 1 is 1.60 bits per heavy atom. The Bertz CT molecular complexity index is 373. The predicted molar refractivity (Wildman–Crippen MR) is 55.6 cm³/mol. The molecular weight excluding hydrogens is 192 g/mol. The van der Waals surface area contributed by atoms with E-state index >= 15 is 0 Å². The molecule has 1 saturated carbocycles. The van der Waals surface area contributed by atoms with Gasteiger partial charge in [-0.2, -0.15) is 0 Å². The van der Waals surface area contributed by atoms with E-state index in [1.165, 1.54) is 0 Å². The number of hydrogen-bond donors (Lipinski definition) is 1. The Kier molecular flexibility index (Phi) is 2.62. The van der Waals surface area contributed by atoms with Crippen LogP contribution in [0, 0.1) is 5.92 Å². The van der Waals surface area contributed by atoms with Gasteiger partial charge in [-0.1, -0.05) is 12.1 Å². The normalized spacial score (nSPS) is 23.5. The Morgan fingerprint density at radius 3 is 3.07 bits per heavy atom. The molecular formula is C12H14O3. The summed E-state index contributed by atoms with van der Waals surface area (Å²) in [6.07, 6.45) is 0.836. The Hall–Kier alpha value is -1.51. The second-order valence-corrected chi connectivity index (χ2v) is 3.80. The van der Waals surface area contributed by atoms with Crippen molar-refractivity contribution in [2.24, 2.45) is 5.92 Å². The summed E-state index contributed by atoms with van der Waals surface area (Å²) in [7, 11) is 0. The van der Waals surface area contributed by atoms with Crippen molar-refractivity contribution >= 4 is 5.97 Å². The van der Waals surface area contributed by atoms with Crippen LogP contribution in [0.4, 0.5) is 0 Å². The second-order valence-electron chi connectivity index (χ2n) is 3.80. The number of carbonyl (C=O) groups is 1. The lowest BCUT2D eigenvalue weighted by molar-refractivity contribution is -0.144. The number of phenols is 1. The monoisotopic (exact) mass is 206 g/mol. The van der Waals surface area contributed by atoms with Gasteiger partial charge < -0.3 is 9.84 Å². The molecule has 1 aliphatic carbocycles. The Morgan fingerprint density at radius 2 is 2.40 bits per heavy atom. The number of aromatic hydroxyl groups is 1. The fourth-order valence-corrected chi connectivity index (χ4v) is 1.83. The van der Waals surface area contributed by atoms with Crippen LogP contribution in [0.5, 0.6) is 5.75 Å². The van der Waals surface area contributed by atoms with E-state index in [9.17, 15) is 9.90 Å². The van der Waals surface area contributed by atoms with Crippen molar-refractivity contribution in [2.45, 2.75) is 19.3 Å². The summed E-state index contributed by atoms with van der Waals surface area (Å²) in [4.78, 5) is 11.4. The Labute approximate surface area is 88.7 Å². The van der Waals surface area contributed by atoms with E-state index < -0.39 is 0 Å². The van der Waals surface area contributed by atoms with Crippen LogP contribution in [-0.4, -0.2) is 17.7 Å². The van der Waals surface area contributed by atoms with Crippen LogP contribution in [0.2, 0.25) is 0 Å². The largest absolute Gasteiger partial charge is 0.508 e. The smallest absolute Gasteiger partial charge is 0.309 e. The molecule has 0 radical (unpaired) electrons. The molecule has 1 aliphatic rings. The molecule has 0 amide bonds. The van der Waals surface area contributed by atoms with Gasteiger partial charge >= 0.3 is 5.97 Å². The van der Waals surface area contributed by atoms with Crippen molar-refractivity contribution in [1.29, 1.82) is 0 Å². The molecule has 2 atom stereocenters. The molecule has 1 aromatic rings. The van der Waals surface area contributed by atoms with Gasteiger partial charge in [0.05, 0.1) is 12.5 Å². The number of carbonyl (C=O) groups excluding carboxylic acids is 1. The van der Waals surface area contributed by atoms with Crippen LogP contribution in [-0.2, 0) is 9.53 Å². The SMILES string of the molecule is CCOC(=O)[C@@H]1C[C@@H]1c1cccc(O)c1. The first-order chi connectivity index (χ1) is 7.22. The van der Waals surface area contributed by atoms with Crippen molar-refractivity contribution in [3.63, 3.8) is 0 Å². The zero-order chi connectivity index (χ0) is 10.8. The lowest BCUT2D eigenvalue weighted by atomic mass is 10.1. The molecule has 1 N–H and O–H groups in total. The fraction of sp³-hybridized carbons (Fsp3) is 0.417. The molecule has 0 aromatic heterocycles. The zero-order valence-corrected chi connectivity index (χ0v) is 8.64. The minimum atomic E-state index is -0.120. The van der Waals surface area contributed by atoms with Gasteiger partial charge in [0.1, 0.15) is 5.75 Å². The van der Waals surface area contributed by atoms with E-state index in [1.807, 2.05) is 13.0 Å². The van der Waals surface area contributed by atoms with Crippen LogP contribution in [0.25, 0.3) is 0 Å². The van der Waals surface area contributed by atoms with E-state index in [4.69, 9.17) is 4.74 Å². The molecule has 15 heavy (non-hydrogen) atoms. The van der Waals surface area contributed by atoms with Crippen molar-refractivity contribution < 1.29 is 14.6 Å². The minimum absolute atomic E-state index is 0.00764. The minimum Gasteiger partial charge on any atom is -0.508 e. The van der Waals surface area contributed by atoms with Crippen LogP contribution >= 0.6 is 0 Å². The lowest BCUT2D eigenvalue weighted by Gasteiger charge is -2.01. The highest BCUT2D eigenvalue weighted by molar-refractivity contribution is 5.77. The number of rotatable bonds is 3. The predicted octanol–water partition coefficient (Wildman–Crippen LogP) is 2.06. The third-order valence-electron chi connectivity index (χ3n) is 2.68. The first-order valence-electron chi connectivity index (χ1n) is 5.18. The van der Waals surface area contributed by atoms with Crippen LogP contribution in [0.3, 0.4) is 0 Å². The number of hydrogen-bond acceptors (Lipinski definition) is 3. The van der Waals surface area contributed by atoms with Gasteiger partial charge in [0.2, 0.25) is 0 Å². The first-order valence-corrected chi connectivity index (χ1v) is 5.18. The number of ether oxygens (including phenoxy) is 1. The van der Waals surface area contributed by atoms with Gasteiger partial charge in [0.25, 0.3) is 0 Å². The topological polar surface area (TPSA) is 46.5 Å². The van der Waals surface area contributed by atoms with Crippen molar-refractivity contribution in [1.82, 2.24) is 0 Å². The van der Waals surface area contributed by atoms with Gasteiger partial charge in [-0.05, 0) is 37.0 Å². The quantitative estimate of drug-likeness (QED) is 0.770. The van der Waals surface area contributed by atoms with Gasteiger partial charge in [-0.3, -0.25) is 4.79 Å². The van der Waals surface area contributed by atoms with E-state index in [1.54, 1.807) is 18.2 Å². The molecule has 0 bridgehead atoms. The molecule has 0 heterocycles. The average molecular weight is 206 g/mol. The highest BCUT2D eigenvalue weighted by Gasteiger charge is 2.45. The van der Waals surface area contributed by atoms with Crippen LogP contribution in [0.1, 0.15) is 24.8 Å². The van der Waals surface area contributed by atoms with E-state index in [0.717, 1.165) is 12.0 Å². The fourth-order valence-electron chi connectivity index (χ4n) is 1.83. The highest BCUT2D eigenvalue weighted by Crippen LogP contribution is 2.48. The van der Waals surface area contributed by atoms with Crippen LogP contribution in [0.15, 0.2) is 24.3 Å². The number of phenolic OH excluding ortho intramolecular Hbond substituents is 1. The van der Waals surface area contributed by atoms with E-state index in [-0.39, 0.29) is 23.6 Å². The van der Waals surface area contributed by atoms with Gasteiger partial charge in [0, 0.05) is 0 Å². The molecule has 1 fully saturated rings. The summed E-state index contributed by atoms with van der Waals surface area (Å²) in [6, 6.07) is 7.07. The summed E-state index contributed by atoms with van der Waals surface area (Å²) >= 11 is 0. The summed E-state index contributed by atoms with van der Waals surface area (Å²) in [5, 5.41) is 9.30. The molecule has 0 unspecified atom stereocenters. The maximum atomic E-state index is 11.4. The molecule has 0 aliphatic heterocycles. The van der Waals surface area contributed by atoms with Gasteiger partial charge in [0.15, 0.2) is 0 Å².